The number of thiophene rings is 2. The Morgan fingerprint density at radius 2 is 2.06 bits per heavy atom. The van der Waals surface area contributed by atoms with E-state index in [2.05, 4.69) is 35.1 Å². The van der Waals surface area contributed by atoms with Gasteiger partial charge in [-0.2, -0.15) is 0 Å². The highest BCUT2D eigenvalue weighted by atomic mass is 32.2. The molecule has 2 amide bonds. The van der Waals surface area contributed by atoms with Crippen molar-refractivity contribution < 1.29 is 19.1 Å². The highest BCUT2D eigenvalue weighted by molar-refractivity contribution is 7.99. The zero-order valence-electron chi connectivity index (χ0n) is 20.2. The summed E-state index contributed by atoms with van der Waals surface area (Å²) >= 11 is 3.96. The SMILES string of the molecule is C=CCn1c(SCC(=O)Nc2sc(C(=O)N(C)C)c(C)c2C(=O)OC)nnc1-c1csc(CC)c1. The fourth-order valence-electron chi connectivity index (χ4n) is 3.24. The predicted molar refractivity (Wildman–Crippen MR) is 141 cm³/mol. The van der Waals surface area contributed by atoms with E-state index in [1.54, 1.807) is 38.4 Å². The molecule has 9 nitrogen and oxygen atoms in total. The van der Waals surface area contributed by atoms with Crippen LogP contribution in [0.25, 0.3) is 11.4 Å². The Kier molecular flexibility index (Phi) is 8.87. The minimum atomic E-state index is -0.614. The molecule has 0 bridgehead atoms. The second-order valence-electron chi connectivity index (χ2n) is 7.65. The van der Waals surface area contributed by atoms with Gasteiger partial charge in [-0.15, -0.1) is 39.4 Å². The molecule has 3 rings (SSSR count). The second-order valence-corrected chi connectivity index (χ2v) is 10.6. The summed E-state index contributed by atoms with van der Waals surface area (Å²) in [6.07, 6.45) is 2.70. The number of hydrogen-bond acceptors (Lipinski definition) is 9. The van der Waals surface area contributed by atoms with Crippen molar-refractivity contribution in [2.45, 2.75) is 32.0 Å². The number of carbonyl (C=O) groups excluding carboxylic acids is 3. The fourth-order valence-corrected chi connectivity index (χ4v) is 6.03. The zero-order valence-corrected chi connectivity index (χ0v) is 22.7. The van der Waals surface area contributed by atoms with Crippen LogP contribution in [0.5, 0.6) is 0 Å². The van der Waals surface area contributed by atoms with E-state index >= 15 is 0 Å². The first kappa shape index (κ1) is 26.6. The first-order valence-corrected chi connectivity index (χ1v) is 13.4. The number of aromatic nitrogens is 3. The number of nitrogens with one attached hydrogen (secondary N) is 1. The number of nitrogens with zero attached hydrogens (tertiary/aromatic N) is 4. The number of ether oxygens (including phenoxy) is 1. The smallest absolute Gasteiger partial charge is 0.341 e. The van der Waals surface area contributed by atoms with Gasteiger partial charge >= 0.3 is 5.97 Å². The van der Waals surface area contributed by atoms with Crippen LogP contribution in [0.15, 0.2) is 29.3 Å². The van der Waals surface area contributed by atoms with E-state index in [9.17, 15) is 14.4 Å². The summed E-state index contributed by atoms with van der Waals surface area (Å²) in [6.45, 7) is 8.08. The van der Waals surface area contributed by atoms with Crippen molar-refractivity contribution in [1.29, 1.82) is 0 Å². The maximum Gasteiger partial charge on any atom is 0.341 e. The number of hydrogen-bond donors (Lipinski definition) is 1. The lowest BCUT2D eigenvalue weighted by molar-refractivity contribution is -0.113. The highest BCUT2D eigenvalue weighted by Gasteiger charge is 2.27. The fraction of sp³-hybridized carbons (Fsp3) is 0.348. The van der Waals surface area contributed by atoms with Gasteiger partial charge in [0.1, 0.15) is 5.00 Å². The largest absolute Gasteiger partial charge is 0.465 e. The Labute approximate surface area is 216 Å². The van der Waals surface area contributed by atoms with E-state index in [1.807, 2.05) is 9.95 Å². The minimum Gasteiger partial charge on any atom is -0.465 e. The van der Waals surface area contributed by atoms with Crippen LogP contribution in [0.3, 0.4) is 0 Å². The Balaban J connectivity index is 1.80. The summed E-state index contributed by atoms with van der Waals surface area (Å²) < 4.78 is 6.79. The Hall–Kier alpha value is -2.96. The van der Waals surface area contributed by atoms with Gasteiger partial charge in [0.25, 0.3) is 5.91 Å². The van der Waals surface area contributed by atoms with Crippen LogP contribution in [0.2, 0.25) is 0 Å². The molecule has 1 N–H and O–H groups in total. The van der Waals surface area contributed by atoms with Crippen LogP contribution in [-0.2, 0) is 22.5 Å². The number of thioether (sulfide) groups is 1. The van der Waals surface area contributed by atoms with Crippen molar-refractivity contribution in [3.8, 4) is 11.4 Å². The van der Waals surface area contributed by atoms with Crippen LogP contribution in [0.4, 0.5) is 5.00 Å². The van der Waals surface area contributed by atoms with E-state index in [0.29, 0.717) is 22.1 Å². The number of anilines is 1. The van der Waals surface area contributed by atoms with Gasteiger partial charge in [-0.25, -0.2) is 4.79 Å². The van der Waals surface area contributed by atoms with Gasteiger partial charge in [-0.1, -0.05) is 24.8 Å². The topological polar surface area (TPSA) is 106 Å². The number of carbonyl (C=O) groups is 3. The molecule has 35 heavy (non-hydrogen) atoms. The summed E-state index contributed by atoms with van der Waals surface area (Å²) in [5.74, 6) is -0.455. The zero-order chi connectivity index (χ0) is 25.7. The number of aryl methyl sites for hydroxylation is 1. The summed E-state index contributed by atoms with van der Waals surface area (Å²) in [5.41, 5.74) is 1.63. The normalized spacial score (nSPS) is 10.8. The Morgan fingerprint density at radius 3 is 2.66 bits per heavy atom. The lowest BCUT2D eigenvalue weighted by Crippen LogP contribution is -2.21. The molecule has 3 heterocycles. The molecule has 0 aliphatic rings. The molecule has 0 aliphatic heterocycles. The summed E-state index contributed by atoms with van der Waals surface area (Å²) in [4.78, 5) is 40.7. The first-order valence-electron chi connectivity index (χ1n) is 10.7. The van der Waals surface area contributed by atoms with Gasteiger partial charge in [0.05, 0.1) is 23.3 Å². The summed E-state index contributed by atoms with van der Waals surface area (Å²) in [6, 6.07) is 2.09. The molecule has 3 aromatic heterocycles. The third-order valence-corrected chi connectivity index (χ3v) is 8.25. The molecule has 0 spiro atoms. The van der Waals surface area contributed by atoms with Gasteiger partial charge in [-0.05, 0) is 25.0 Å². The molecule has 0 atom stereocenters. The maximum absolute atomic E-state index is 12.8. The van der Waals surface area contributed by atoms with Crippen LogP contribution >= 0.6 is 34.4 Å². The molecule has 12 heteroatoms. The van der Waals surface area contributed by atoms with Crippen LogP contribution in [0, 0.1) is 6.92 Å². The molecule has 0 unspecified atom stereocenters. The third-order valence-electron chi connectivity index (χ3n) is 5.01. The van der Waals surface area contributed by atoms with Crippen molar-refractivity contribution in [3.63, 3.8) is 0 Å². The van der Waals surface area contributed by atoms with Gasteiger partial charge in [-0.3, -0.25) is 14.2 Å². The molecule has 0 aromatic carbocycles. The number of rotatable bonds is 10. The van der Waals surface area contributed by atoms with Crippen molar-refractivity contribution in [1.82, 2.24) is 19.7 Å². The minimum absolute atomic E-state index is 0.0354. The first-order chi connectivity index (χ1) is 16.7. The van der Waals surface area contributed by atoms with Gasteiger partial charge in [0.2, 0.25) is 5.91 Å². The molecule has 0 radical (unpaired) electrons. The average Bonchev–Trinajstić information content (AvgIpc) is 3.54. The van der Waals surface area contributed by atoms with E-state index in [1.165, 1.54) is 28.6 Å². The quantitative estimate of drug-likeness (QED) is 0.235. The average molecular weight is 534 g/mol. The van der Waals surface area contributed by atoms with E-state index in [0.717, 1.165) is 29.1 Å². The van der Waals surface area contributed by atoms with Crippen molar-refractivity contribution in [3.05, 3.63) is 45.0 Å². The number of amides is 2. The number of esters is 1. The van der Waals surface area contributed by atoms with Crippen LogP contribution < -0.4 is 5.32 Å². The molecule has 0 saturated heterocycles. The summed E-state index contributed by atoms with van der Waals surface area (Å²) in [7, 11) is 4.51. The van der Waals surface area contributed by atoms with Crippen molar-refractivity contribution >= 4 is 57.2 Å². The molecule has 0 saturated carbocycles. The van der Waals surface area contributed by atoms with Crippen molar-refractivity contribution in [2.75, 3.05) is 32.3 Å². The highest BCUT2D eigenvalue weighted by Crippen LogP contribution is 2.35. The summed E-state index contributed by atoms with van der Waals surface area (Å²) in [5, 5.41) is 14.3. The van der Waals surface area contributed by atoms with Crippen LogP contribution in [0.1, 0.15) is 37.4 Å². The number of methoxy groups -OCH3 is 1. The Bertz CT molecular complexity index is 1260. The monoisotopic (exact) mass is 533 g/mol. The maximum atomic E-state index is 12.8. The van der Waals surface area contributed by atoms with Gasteiger partial charge < -0.3 is 15.0 Å². The van der Waals surface area contributed by atoms with Gasteiger partial charge in [0.15, 0.2) is 11.0 Å². The van der Waals surface area contributed by atoms with Gasteiger partial charge in [0, 0.05) is 36.5 Å². The van der Waals surface area contributed by atoms with E-state index in [-0.39, 0.29) is 28.1 Å². The molecule has 3 aromatic rings. The van der Waals surface area contributed by atoms with Crippen molar-refractivity contribution in [2.24, 2.45) is 0 Å². The lowest BCUT2D eigenvalue weighted by Gasteiger charge is -2.08. The predicted octanol–water partition coefficient (Wildman–Crippen LogP) is 4.34. The lowest BCUT2D eigenvalue weighted by atomic mass is 10.1. The molecular formula is C23H27N5O4S3. The van der Waals surface area contributed by atoms with Crippen LogP contribution in [-0.4, -0.2) is 64.4 Å². The molecule has 0 aliphatic carbocycles. The Morgan fingerprint density at radius 1 is 1.31 bits per heavy atom. The second kappa shape index (κ2) is 11.6. The molecule has 186 valence electrons. The third kappa shape index (κ3) is 5.82. The molecule has 0 fully saturated rings. The van der Waals surface area contributed by atoms with E-state index in [4.69, 9.17) is 4.74 Å². The standard InChI is InChI=1S/C23H27N5O4S3/c1-7-9-28-19(14-10-15(8-2)33-11-14)25-26-23(28)34-12-16(29)24-20-17(22(31)32-6)13(3)18(35-20)21(30)27(4)5/h7,10-11H,1,8-9,12H2,2-6H3,(H,24,29). The number of allylic oxidation sites excluding steroid dienone is 1. The molecular weight excluding hydrogens is 506 g/mol. The van der Waals surface area contributed by atoms with E-state index < -0.39 is 5.97 Å².